The molecule has 2 aliphatic heterocycles. The number of carboxylic acid groups (broad SMARTS) is 1. The van der Waals surface area contributed by atoms with E-state index in [9.17, 15) is 18.0 Å². The van der Waals surface area contributed by atoms with Gasteiger partial charge in [-0.2, -0.15) is 13.2 Å². The molecule has 0 aliphatic carbocycles. The van der Waals surface area contributed by atoms with Gasteiger partial charge in [0.05, 0.1) is 18.7 Å². The first-order valence-electron chi connectivity index (χ1n) is 9.49. The number of nitrogens with zero attached hydrogens (tertiary/aromatic N) is 4. The molecule has 2 aromatic rings. The number of hydrogen-bond donors (Lipinski definition) is 2. The Kier molecular flexibility index (Phi) is 7.28. The standard InChI is InChI=1S/C16H21N5O2S.C2HF3O2/c1-20-6-4-18-15(20)16(22)19-11-9-21(10-13-17-5-8-24-13)12-3-2-7-23-14(11)12;3-2(4,5)1(6)7/h4-6,8,11-12,14H,2-3,7,9-10H2,1H3,(H,19,22);(H,6,7)/t11-,12-,14-;/m1./s1. The highest BCUT2D eigenvalue weighted by atomic mass is 32.1. The number of likely N-dealkylation sites (tertiary alicyclic amines) is 1. The zero-order chi connectivity index (χ0) is 22.6. The monoisotopic (exact) mass is 461 g/mol. The van der Waals surface area contributed by atoms with E-state index in [0.29, 0.717) is 11.9 Å². The summed E-state index contributed by atoms with van der Waals surface area (Å²) in [6.07, 6.45) is 2.38. The Morgan fingerprint density at radius 3 is 2.68 bits per heavy atom. The molecule has 0 radical (unpaired) electrons. The first kappa shape index (κ1) is 23.2. The smallest absolute Gasteiger partial charge is 0.475 e. The lowest BCUT2D eigenvalue weighted by Crippen LogP contribution is -2.48. The molecule has 0 bridgehead atoms. The summed E-state index contributed by atoms with van der Waals surface area (Å²) >= 11 is 1.67. The van der Waals surface area contributed by atoms with Gasteiger partial charge in [0.2, 0.25) is 0 Å². The van der Waals surface area contributed by atoms with Gasteiger partial charge in [-0.1, -0.05) is 0 Å². The molecule has 2 saturated heterocycles. The number of thiazole rings is 1. The maximum Gasteiger partial charge on any atom is 0.490 e. The topological polar surface area (TPSA) is 110 Å². The van der Waals surface area contributed by atoms with Gasteiger partial charge in [-0.25, -0.2) is 14.8 Å². The van der Waals surface area contributed by atoms with Crippen molar-refractivity contribution in [3.05, 3.63) is 34.8 Å². The average Bonchev–Trinajstić information content (AvgIpc) is 3.44. The van der Waals surface area contributed by atoms with Crippen LogP contribution in [0.1, 0.15) is 28.5 Å². The minimum atomic E-state index is -5.08. The van der Waals surface area contributed by atoms with E-state index in [-0.39, 0.29) is 18.1 Å². The molecule has 2 aliphatic rings. The fourth-order valence-electron chi connectivity index (χ4n) is 3.69. The molecule has 2 N–H and O–H groups in total. The Hall–Kier alpha value is -2.51. The van der Waals surface area contributed by atoms with Crippen LogP contribution in [0.3, 0.4) is 0 Å². The van der Waals surface area contributed by atoms with Crippen molar-refractivity contribution in [2.24, 2.45) is 7.05 Å². The lowest BCUT2D eigenvalue weighted by atomic mass is 10.0. The molecule has 170 valence electrons. The van der Waals surface area contributed by atoms with Gasteiger partial charge >= 0.3 is 12.1 Å². The highest BCUT2D eigenvalue weighted by Crippen LogP contribution is 2.30. The van der Waals surface area contributed by atoms with Gasteiger partial charge in [0.1, 0.15) is 5.01 Å². The van der Waals surface area contributed by atoms with Gasteiger partial charge in [0.15, 0.2) is 5.82 Å². The number of nitrogens with one attached hydrogen (secondary N) is 1. The fourth-order valence-corrected chi connectivity index (χ4v) is 4.33. The molecule has 2 fully saturated rings. The average molecular weight is 461 g/mol. The number of amides is 1. The second kappa shape index (κ2) is 9.75. The van der Waals surface area contributed by atoms with E-state index >= 15 is 0 Å². The number of aryl methyl sites for hydroxylation is 1. The predicted molar refractivity (Wildman–Crippen MR) is 103 cm³/mol. The van der Waals surface area contributed by atoms with Crippen LogP contribution in [0.15, 0.2) is 24.0 Å². The number of hydrogen-bond acceptors (Lipinski definition) is 7. The number of imidazole rings is 1. The molecule has 13 heteroatoms. The van der Waals surface area contributed by atoms with Crippen molar-refractivity contribution in [2.45, 2.75) is 43.8 Å². The molecule has 0 spiro atoms. The lowest BCUT2D eigenvalue weighted by molar-refractivity contribution is -0.192. The lowest BCUT2D eigenvalue weighted by Gasteiger charge is -2.32. The number of carboxylic acids is 1. The number of aromatic nitrogens is 3. The van der Waals surface area contributed by atoms with Gasteiger partial charge in [-0.3, -0.25) is 9.69 Å². The normalized spacial score (nSPS) is 23.5. The van der Waals surface area contributed by atoms with Crippen LogP contribution in [0.2, 0.25) is 0 Å². The van der Waals surface area contributed by atoms with E-state index in [0.717, 1.165) is 37.5 Å². The number of halogens is 3. The van der Waals surface area contributed by atoms with Gasteiger partial charge in [0, 0.05) is 50.2 Å². The van der Waals surface area contributed by atoms with Crippen LogP contribution in [0.4, 0.5) is 13.2 Å². The van der Waals surface area contributed by atoms with Crippen LogP contribution in [-0.4, -0.2) is 73.9 Å². The zero-order valence-corrected chi connectivity index (χ0v) is 17.4. The van der Waals surface area contributed by atoms with Crippen molar-refractivity contribution < 1.29 is 32.6 Å². The van der Waals surface area contributed by atoms with Crippen LogP contribution < -0.4 is 5.32 Å². The van der Waals surface area contributed by atoms with Crippen LogP contribution in [-0.2, 0) is 23.1 Å². The molecule has 0 unspecified atom stereocenters. The van der Waals surface area contributed by atoms with Crippen molar-refractivity contribution in [3.63, 3.8) is 0 Å². The maximum absolute atomic E-state index is 12.5. The van der Waals surface area contributed by atoms with E-state index in [1.54, 1.807) is 28.3 Å². The van der Waals surface area contributed by atoms with Crippen molar-refractivity contribution in [2.75, 3.05) is 13.2 Å². The summed E-state index contributed by atoms with van der Waals surface area (Å²) in [6.45, 7) is 2.36. The van der Waals surface area contributed by atoms with Gasteiger partial charge in [-0.05, 0) is 12.8 Å². The highest BCUT2D eigenvalue weighted by Gasteiger charge is 2.45. The first-order chi connectivity index (χ1) is 14.7. The number of aliphatic carboxylic acids is 1. The molecular weight excluding hydrogens is 439 g/mol. The quantitative estimate of drug-likeness (QED) is 0.713. The van der Waals surface area contributed by atoms with E-state index in [2.05, 4.69) is 20.2 Å². The number of fused-ring (bicyclic) bond motifs is 1. The van der Waals surface area contributed by atoms with E-state index in [4.69, 9.17) is 14.6 Å². The molecule has 1 amide bonds. The van der Waals surface area contributed by atoms with Crippen LogP contribution in [0, 0.1) is 0 Å². The van der Waals surface area contributed by atoms with Gasteiger partial charge in [0.25, 0.3) is 5.91 Å². The van der Waals surface area contributed by atoms with Crippen molar-refractivity contribution in [1.82, 2.24) is 24.8 Å². The number of carbonyl (C=O) groups is 2. The van der Waals surface area contributed by atoms with E-state index in [1.807, 2.05) is 18.6 Å². The largest absolute Gasteiger partial charge is 0.490 e. The summed E-state index contributed by atoms with van der Waals surface area (Å²) in [7, 11) is 1.82. The van der Waals surface area contributed by atoms with Gasteiger partial charge in [-0.15, -0.1) is 11.3 Å². The summed E-state index contributed by atoms with van der Waals surface area (Å²) in [4.78, 5) is 32.3. The Morgan fingerprint density at radius 1 is 1.35 bits per heavy atom. The molecule has 4 heterocycles. The minimum absolute atomic E-state index is 0.0144. The highest BCUT2D eigenvalue weighted by molar-refractivity contribution is 7.09. The molecular formula is C18H22F3N5O4S. The maximum atomic E-state index is 12.5. The Balaban J connectivity index is 0.000000339. The predicted octanol–water partition coefficient (Wildman–Crippen LogP) is 1.67. The summed E-state index contributed by atoms with van der Waals surface area (Å²) < 4.78 is 39.5. The van der Waals surface area contributed by atoms with Crippen LogP contribution in [0.5, 0.6) is 0 Å². The first-order valence-corrected chi connectivity index (χ1v) is 10.4. The molecule has 3 atom stereocenters. The minimum Gasteiger partial charge on any atom is -0.475 e. The fraction of sp³-hybridized carbons (Fsp3) is 0.556. The number of carbonyl (C=O) groups excluding carboxylic acids is 1. The second-order valence-electron chi connectivity index (χ2n) is 7.14. The van der Waals surface area contributed by atoms with Crippen LogP contribution >= 0.6 is 11.3 Å². The summed E-state index contributed by atoms with van der Waals surface area (Å²) in [6, 6.07) is 0.328. The Labute approximate surface area is 179 Å². The summed E-state index contributed by atoms with van der Waals surface area (Å²) in [5.41, 5.74) is 0. The molecule has 9 nitrogen and oxygen atoms in total. The van der Waals surface area contributed by atoms with Gasteiger partial charge < -0.3 is 19.7 Å². The number of rotatable bonds is 4. The second-order valence-corrected chi connectivity index (χ2v) is 8.12. The van der Waals surface area contributed by atoms with Crippen molar-refractivity contribution >= 4 is 23.2 Å². The third-order valence-electron chi connectivity index (χ3n) is 5.04. The van der Waals surface area contributed by atoms with E-state index in [1.165, 1.54) is 0 Å². The third-order valence-corrected chi connectivity index (χ3v) is 5.80. The Morgan fingerprint density at radius 2 is 2.10 bits per heavy atom. The zero-order valence-electron chi connectivity index (χ0n) is 16.6. The van der Waals surface area contributed by atoms with Crippen molar-refractivity contribution in [1.29, 1.82) is 0 Å². The van der Waals surface area contributed by atoms with E-state index < -0.39 is 12.1 Å². The van der Waals surface area contributed by atoms with Crippen LogP contribution in [0.25, 0.3) is 0 Å². The molecule has 0 saturated carbocycles. The Bertz CT molecular complexity index is 889. The molecule has 4 rings (SSSR count). The molecule has 0 aromatic carbocycles. The molecule has 2 aromatic heterocycles. The van der Waals surface area contributed by atoms with Crippen molar-refractivity contribution in [3.8, 4) is 0 Å². The number of ether oxygens (including phenoxy) is 1. The third kappa shape index (κ3) is 5.80. The SMILES string of the molecule is Cn1ccnc1C(=O)N[C@@H]1CN(Cc2nccs2)[C@@H]2CCCO[C@@H]21.O=C(O)C(F)(F)F. The number of alkyl halides is 3. The summed E-state index contributed by atoms with van der Waals surface area (Å²) in [5, 5.41) is 13.4. The summed E-state index contributed by atoms with van der Waals surface area (Å²) in [5.74, 6) is -2.47. The molecule has 31 heavy (non-hydrogen) atoms.